The lowest BCUT2D eigenvalue weighted by Crippen LogP contribution is -2.41. The van der Waals surface area contributed by atoms with Gasteiger partial charge in [0.1, 0.15) is 6.04 Å². The third kappa shape index (κ3) is 2.39. The Morgan fingerprint density at radius 2 is 2.24 bits per heavy atom. The average Bonchev–Trinajstić information content (AvgIpc) is 3.06. The summed E-state index contributed by atoms with van der Waals surface area (Å²) in [6, 6.07) is 5.30. The van der Waals surface area contributed by atoms with Crippen LogP contribution in [0.2, 0.25) is 0 Å². The van der Waals surface area contributed by atoms with E-state index in [-0.39, 0.29) is 12.3 Å². The Bertz CT molecular complexity index is 705. The van der Waals surface area contributed by atoms with Crippen LogP contribution in [0.1, 0.15) is 24.0 Å². The van der Waals surface area contributed by atoms with Crippen LogP contribution in [0.25, 0.3) is 10.9 Å². The number of carbonyl (C=O) groups is 2. The molecule has 1 amide bonds. The van der Waals surface area contributed by atoms with E-state index in [1.165, 1.54) is 4.90 Å². The molecule has 1 aliphatic rings. The highest BCUT2D eigenvalue weighted by Crippen LogP contribution is 2.24. The number of aromatic amines is 1. The maximum atomic E-state index is 12.4. The molecule has 3 rings (SSSR count). The van der Waals surface area contributed by atoms with E-state index in [0.717, 1.165) is 28.5 Å². The van der Waals surface area contributed by atoms with Crippen molar-refractivity contribution in [3.63, 3.8) is 0 Å². The predicted octanol–water partition coefficient (Wildman–Crippen LogP) is 2.09. The van der Waals surface area contributed by atoms with Gasteiger partial charge in [-0.2, -0.15) is 0 Å². The smallest absolute Gasteiger partial charge is 0.326 e. The van der Waals surface area contributed by atoms with Crippen LogP contribution < -0.4 is 0 Å². The molecule has 0 radical (unpaired) electrons. The van der Waals surface area contributed by atoms with Gasteiger partial charge in [0.15, 0.2) is 0 Å². The van der Waals surface area contributed by atoms with Gasteiger partial charge in [0.2, 0.25) is 5.91 Å². The van der Waals surface area contributed by atoms with Crippen LogP contribution in [0.5, 0.6) is 0 Å². The first-order chi connectivity index (χ1) is 10.1. The average molecular weight is 286 g/mol. The summed E-state index contributed by atoms with van der Waals surface area (Å²) in [5.74, 6) is -1.01. The topological polar surface area (TPSA) is 73.4 Å². The lowest BCUT2D eigenvalue weighted by Gasteiger charge is -2.21. The van der Waals surface area contributed by atoms with Crippen molar-refractivity contribution in [3.8, 4) is 0 Å². The number of fused-ring (bicyclic) bond motifs is 1. The summed E-state index contributed by atoms with van der Waals surface area (Å²) in [6.07, 6.45) is 3.40. The maximum Gasteiger partial charge on any atom is 0.326 e. The molecular weight excluding hydrogens is 268 g/mol. The zero-order valence-corrected chi connectivity index (χ0v) is 11.9. The van der Waals surface area contributed by atoms with Crippen LogP contribution in [0.3, 0.4) is 0 Å². The standard InChI is InChI=1S/C16H18N2O3/c1-10-4-2-5-12-15(10)11(9-17-12)8-14(19)18-7-3-6-13(18)16(20)21/h2,4-5,9,13,17H,3,6-8H2,1H3,(H,20,21). The summed E-state index contributed by atoms with van der Waals surface area (Å²) in [5, 5.41) is 10.2. The van der Waals surface area contributed by atoms with Gasteiger partial charge < -0.3 is 15.0 Å². The van der Waals surface area contributed by atoms with Crippen molar-refractivity contribution < 1.29 is 14.7 Å². The zero-order chi connectivity index (χ0) is 15.0. The van der Waals surface area contributed by atoms with Crippen molar-refractivity contribution >= 4 is 22.8 Å². The van der Waals surface area contributed by atoms with Gasteiger partial charge in [-0.1, -0.05) is 12.1 Å². The molecule has 110 valence electrons. The minimum atomic E-state index is -0.907. The second-order valence-electron chi connectivity index (χ2n) is 5.57. The van der Waals surface area contributed by atoms with Crippen LogP contribution in [0.4, 0.5) is 0 Å². The van der Waals surface area contributed by atoms with E-state index in [1.54, 1.807) is 0 Å². The van der Waals surface area contributed by atoms with Crippen molar-refractivity contribution in [1.29, 1.82) is 0 Å². The van der Waals surface area contributed by atoms with Crippen LogP contribution in [-0.2, 0) is 16.0 Å². The maximum absolute atomic E-state index is 12.4. The molecule has 1 fully saturated rings. The van der Waals surface area contributed by atoms with E-state index in [4.69, 9.17) is 0 Å². The van der Waals surface area contributed by atoms with Crippen LogP contribution in [-0.4, -0.2) is 39.5 Å². The number of aliphatic carboxylic acids is 1. The molecule has 21 heavy (non-hydrogen) atoms. The van der Waals surface area contributed by atoms with Gasteiger partial charge in [-0.05, 0) is 37.0 Å². The number of aromatic nitrogens is 1. The first kappa shape index (κ1) is 13.7. The van der Waals surface area contributed by atoms with Gasteiger partial charge in [0.05, 0.1) is 6.42 Å². The minimum Gasteiger partial charge on any atom is -0.480 e. The minimum absolute atomic E-state index is 0.107. The monoisotopic (exact) mass is 286 g/mol. The number of H-pyrrole nitrogens is 1. The SMILES string of the molecule is Cc1cccc2[nH]cc(CC(=O)N3CCCC3C(=O)O)c12. The Morgan fingerprint density at radius 1 is 1.43 bits per heavy atom. The Morgan fingerprint density at radius 3 is 3.00 bits per heavy atom. The fraction of sp³-hybridized carbons (Fsp3) is 0.375. The van der Waals surface area contributed by atoms with Crippen molar-refractivity contribution in [2.75, 3.05) is 6.54 Å². The first-order valence-electron chi connectivity index (χ1n) is 7.16. The molecule has 0 aliphatic carbocycles. The number of amides is 1. The van der Waals surface area contributed by atoms with Crippen molar-refractivity contribution in [2.45, 2.75) is 32.2 Å². The molecule has 2 aromatic rings. The van der Waals surface area contributed by atoms with Gasteiger partial charge in [-0.25, -0.2) is 4.79 Å². The normalized spacial score (nSPS) is 18.3. The number of hydrogen-bond acceptors (Lipinski definition) is 2. The van der Waals surface area contributed by atoms with Gasteiger partial charge in [0, 0.05) is 23.6 Å². The highest BCUT2D eigenvalue weighted by molar-refractivity contribution is 5.92. The largest absolute Gasteiger partial charge is 0.480 e. The fourth-order valence-corrected chi connectivity index (χ4v) is 3.18. The number of carboxylic acid groups (broad SMARTS) is 1. The second-order valence-corrected chi connectivity index (χ2v) is 5.57. The molecule has 5 heteroatoms. The number of carbonyl (C=O) groups excluding carboxylic acids is 1. The second kappa shape index (κ2) is 5.24. The Kier molecular flexibility index (Phi) is 3.41. The van der Waals surface area contributed by atoms with Gasteiger partial charge >= 0.3 is 5.97 Å². The first-order valence-corrected chi connectivity index (χ1v) is 7.16. The van der Waals surface area contributed by atoms with Gasteiger partial charge in [-0.15, -0.1) is 0 Å². The molecule has 0 saturated carbocycles. The number of carboxylic acids is 1. The summed E-state index contributed by atoms with van der Waals surface area (Å²) in [5.41, 5.74) is 3.06. The molecule has 2 N–H and O–H groups in total. The number of nitrogens with zero attached hydrogens (tertiary/aromatic N) is 1. The van der Waals surface area contributed by atoms with E-state index in [0.29, 0.717) is 13.0 Å². The molecule has 1 aromatic carbocycles. The molecule has 0 bridgehead atoms. The van der Waals surface area contributed by atoms with E-state index in [1.807, 2.05) is 31.3 Å². The molecule has 1 unspecified atom stereocenters. The van der Waals surface area contributed by atoms with E-state index >= 15 is 0 Å². The summed E-state index contributed by atoms with van der Waals surface area (Å²) in [6.45, 7) is 2.55. The third-order valence-electron chi connectivity index (χ3n) is 4.20. The zero-order valence-electron chi connectivity index (χ0n) is 11.9. The van der Waals surface area contributed by atoms with Crippen LogP contribution in [0.15, 0.2) is 24.4 Å². The molecule has 1 saturated heterocycles. The molecule has 1 atom stereocenters. The molecule has 1 aliphatic heterocycles. The number of rotatable bonds is 3. The summed E-state index contributed by atoms with van der Waals surface area (Å²) in [4.78, 5) is 28.3. The molecule has 1 aromatic heterocycles. The number of likely N-dealkylation sites (tertiary alicyclic amines) is 1. The highest BCUT2D eigenvalue weighted by atomic mass is 16.4. The lowest BCUT2D eigenvalue weighted by molar-refractivity contribution is -0.147. The van der Waals surface area contributed by atoms with Crippen molar-refractivity contribution in [3.05, 3.63) is 35.5 Å². The fourth-order valence-electron chi connectivity index (χ4n) is 3.18. The molecule has 0 spiro atoms. The predicted molar refractivity (Wildman–Crippen MR) is 79.1 cm³/mol. The van der Waals surface area contributed by atoms with E-state index in [2.05, 4.69) is 4.98 Å². The molecule has 2 heterocycles. The summed E-state index contributed by atoms with van der Waals surface area (Å²) >= 11 is 0. The number of nitrogens with one attached hydrogen (secondary N) is 1. The van der Waals surface area contributed by atoms with Gasteiger partial charge in [0.25, 0.3) is 0 Å². The number of benzene rings is 1. The van der Waals surface area contributed by atoms with Crippen molar-refractivity contribution in [2.24, 2.45) is 0 Å². The Labute approximate surface area is 122 Å². The van der Waals surface area contributed by atoms with E-state index < -0.39 is 12.0 Å². The number of hydrogen-bond donors (Lipinski definition) is 2. The van der Waals surface area contributed by atoms with Crippen molar-refractivity contribution in [1.82, 2.24) is 9.88 Å². The Hall–Kier alpha value is -2.30. The highest BCUT2D eigenvalue weighted by Gasteiger charge is 2.33. The van der Waals surface area contributed by atoms with Gasteiger partial charge in [-0.3, -0.25) is 4.79 Å². The lowest BCUT2D eigenvalue weighted by atomic mass is 10.0. The quantitative estimate of drug-likeness (QED) is 0.907. The summed E-state index contributed by atoms with van der Waals surface area (Å²) < 4.78 is 0. The molecule has 5 nitrogen and oxygen atoms in total. The molecular formula is C16H18N2O3. The third-order valence-corrected chi connectivity index (χ3v) is 4.20. The van der Waals surface area contributed by atoms with E-state index in [9.17, 15) is 14.7 Å². The number of aryl methyl sites for hydroxylation is 1. The summed E-state index contributed by atoms with van der Waals surface area (Å²) in [7, 11) is 0. The Balaban J connectivity index is 1.85. The van der Waals surface area contributed by atoms with Crippen LogP contribution in [0, 0.1) is 6.92 Å². The van der Waals surface area contributed by atoms with Crippen LogP contribution >= 0.6 is 0 Å².